The third-order valence-electron chi connectivity index (χ3n) is 5.01. The van der Waals surface area contributed by atoms with E-state index >= 15 is 0 Å². The van der Waals surface area contributed by atoms with Crippen molar-refractivity contribution in [1.82, 2.24) is 9.55 Å². The highest BCUT2D eigenvalue weighted by Gasteiger charge is 2.22. The van der Waals surface area contributed by atoms with Crippen LogP contribution in [0.3, 0.4) is 0 Å². The number of hydrogen-bond donors (Lipinski definition) is 0. The Morgan fingerprint density at radius 2 is 1.82 bits per heavy atom. The Bertz CT molecular complexity index is 1020. The van der Waals surface area contributed by atoms with Crippen molar-refractivity contribution in [1.29, 1.82) is 0 Å². The van der Waals surface area contributed by atoms with E-state index < -0.39 is 0 Å². The van der Waals surface area contributed by atoms with Gasteiger partial charge in [0.25, 0.3) is 0 Å². The van der Waals surface area contributed by atoms with Crippen molar-refractivity contribution in [3.8, 4) is 11.4 Å². The van der Waals surface area contributed by atoms with Crippen molar-refractivity contribution in [2.24, 2.45) is 0 Å². The van der Waals surface area contributed by atoms with Gasteiger partial charge in [-0.3, -0.25) is 4.57 Å². The van der Waals surface area contributed by atoms with Crippen molar-refractivity contribution < 1.29 is 4.74 Å². The normalized spacial score (nSPS) is 12.8. The van der Waals surface area contributed by atoms with Gasteiger partial charge < -0.3 is 4.74 Å². The van der Waals surface area contributed by atoms with E-state index in [4.69, 9.17) is 4.74 Å². The molecule has 0 saturated carbocycles. The van der Waals surface area contributed by atoms with Gasteiger partial charge >= 0.3 is 5.69 Å². The van der Waals surface area contributed by atoms with Crippen LogP contribution in [0.4, 0.5) is 0 Å². The largest absolute Gasteiger partial charge is 0.494 e. The Morgan fingerprint density at radius 1 is 1.07 bits per heavy atom. The molecule has 0 N–H and O–H groups in total. The number of fused-ring (bicyclic) bond motifs is 1. The summed E-state index contributed by atoms with van der Waals surface area (Å²) in [5.74, 6) is 1.64. The van der Waals surface area contributed by atoms with Crippen LogP contribution < -0.4 is 10.4 Å². The predicted octanol–water partition coefficient (Wildman–Crippen LogP) is 4.72. The molecule has 144 valence electrons. The Morgan fingerprint density at radius 3 is 2.54 bits per heavy atom. The van der Waals surface area contributed by atoms with Gasteiger partial charge in [-0.1, -0.05) is 29.8 Å². The van der Waals surface area contributed by atoms with Crippen LogP contribution in [0.25, 0.3) is 5.69 Å². The van der Waals surface area contributed by atoms with Gasteiger partial charge in [0, 0.05) is 17.0 Å². The van der Waals surface area contributed by atoms with Gasteiger partial charge in [0.05, 0.1) is 12.3 Å². The van der Waals surface area contributed by atoms with Gasteiger partial charge in [-0.05, 0) is 62.9 Å². The van der Waals surface area contributed by atoms with E-state index in [1.807, 2.05) is 31.2 Å². The molecule has 1 heterocycles. The average Bonchev–Trinajstić information content (AvgIpc) is 3.18. The second-order valence-electron chi connectivity index (χ2n) is 7.01. The fraction of sp³-hybridized carbons (Fsp3) is 0.304. The molecule has 4 nitrogen and oxygen atoms in total. The topological polar surface area (TPSA) is 44.1 Å². The minimum atomic E-state index is -0.198. The quantitative estimate of drug-likeness (QED) is 0.450. The van der Waals surface area contributed by atoms with Crippen LogP contribution in [0.15, 0.2) is 58.4 Å². The average molecular weight is 393 g/mol. The van der Waals surface area contributed by atoms with Crippen LogP contribution >= 0.6 is 11.8 Å². The zero-order valence-corrected chi connectivity index (χ0v) is 17.1. The van der Waals surface area contributed by atoms with Gasteiger partial charge in [0.2, 0.25) is 0 Å². The zero-order valence-electron chi connectivity index (χ0n) is 16.3. The standard InChI is InChI=1S/C23H24N2O2S/c1-3-27-19-13-11-18(12-14-19)25-21-6-4-5-20(21)22(24-23(25)26)28-15-17-9-7-16(2)8-10-17/h7-14H,3-6,15H2,1-2H3. The van der Waals surface area contributed by atoms with E-state index in [0.717, 1.165) is 47.2 Å². The monoisotopic (exact) mass is 392 g/mol. The lowest BCUT2D eigenvalue weighted by atomic mass is 10.2. The van der Waals surface area contributed by atoms with E-state index in [1.54, 1.807) is 16.3 Å². The maximum Gasteiger partial charge on any atom is 0.353 e. The molecule has 5 heteroatoms. The molecule has 0 atom stereocenters. The molecule has 0 spiro atoms. The fourth-order valence-corrected chi connectivity index (χ4v) is 4.64. The fourth-order valence-electron chi connectivity index (χ4n) is 3.60. The molecule has 1 aromatic heterocycles. The van der Waals surface area contributed by atoms with Crippen molar-refractivity contribution in [3.05, 3.63) is 81.4 Å². The van der Waals surface area contributed by atoms with Crippen molar-refractivity contribution >= 4 is 11.8 Å². The summed E-state index contributed by atoms with van der Waals surface area (Å²) in [7, 11) is 0. The number of thioether (sulfide) groups is 1. The third kappa shape index (κ3) is 3.85. The van der Waals surface area contributed by atoms with Crippen LogP contribution in [-0.4, -0.2) is 16.2 Å². The lowest BCUT2D eigenvalue weighted by Gasteiger charge is -2.15. The first-order valence-electron chi connectivity index (χ1n) is 9.72. The molecule has 3 aromatic rings. The number of aryl methyl sites for hydroxylation is 1. The minimum absolute atomic E-state index is 0.198. The molecule has 0 fully saturated rings. The molecule has 4 rings (SSSR count). The summed E-state index contributed by atoms with van der Waals surface area (Å²) >= 11 is 1.67. The molecule has 0 aliphatic heterocycles. The Hall–Kier alpha value is -2.53. The number of rotatable bonds is 6. The summed E-state index contributed by atoms with van der Waals surface area (Å²) in [6, 6.07) is 16.2. The Labute approximate surface area is 169 Å². The molecule has 0 bridgehead atoms. The maximum absolute atomic E-state index is 12.9. The SMILES string of the molecule is CCOc1ccc(-n2c3c(c(SCc4ccc(C)cc4)nc2=O)CCC3)cc1. The molecular formula is C23H24N2O2S. The lowest BCUT2D eigenvalue weighted by Crippen LogP contribution is -2.25. The molecule has 28 heavy (non-hydrogen) atoms. The minimum Gasteiger partial charge on any atom is -0.494 e. The molecule has 2 aromatic carbocycles. The van der Waals surface area contributed by atoms with E-state index in [0.29, 0.717) is 6.61 Å². The summed E-state index contributed by atoms with van der Waals surface area (Å²) in [5, 5.41) is 0.889. The maximum atomic E-state index is 12.9. The zero-order chi connectivity index (χ0) is 19.5. The number of benzene rings is 2. The second kappa shape index (κ2) is 8.23. The van der Waals surface area contributed by atoms with Crippen LogP contribution in [0.5, 0.6) is 5.75 Å². The molecule has 1 aliphatic carbocycles. The van der Waals surface area contributed by atoms with Gasteiger partial charge in [0.1, 0.15) is 10.8 Å². The summed E-state index contributed by atoms with van der Waals surface area (Å²) < 4.78 is 7.29. The highest BCUT2D eigenvalue weighted by atomic mass is 32.2. The molecular weight excluding hydrogens is 368 g/mol. The van der Waals surface area contributed by atoms with Crippen molar-refractivity contribution in [3.63, 3.8) is 0 Å². The molecule has 0 amide bonds. The first kappa shape index (κ1) is 18.8. The van der Waals surface area contributed by atoms with Crippen molar-refractivity contribution in [2.75, 3.05) is 6.61 Å². The van der Waals surface area contributed by atoms with E-state index in [1.165, 1.54) is 16.7 Å². The highest BCUT2D eigenvalue weighted by molar-refractivity contribution is 7.98. The Balaban J connectivity index is 1.64. The van der Waals surface area contributed by atoms with Gasteiger partial charge in [-0.2, -0.15) is 4.98 Å². The first-order chi connectivity index (χ1) is 13.7. The summed E-state index contributed by atoms with van der Waals surface area (Å²) in [4.78, 5) is 17.3. The first-order valence-corrected chi connectivity index (χ1v) is 10.7. The van der Waals surface area contributed by atoms with Gasteiger partial charge in [0.15, 0.2) is 0 Å². The van der Waals surface area contributed by atoms with Crippen LogP contribution in [0.1, 0.15) is 35.7 Å². The lowest BCUT2D eigenvalue weighted by molar-refractivity contribution is 0.340. The second-order valence-corrected chi connectivity index (χ2v) is 7.98. The molecule has 0 unspecified atom stereocenters. The summed E-state index contributed by atoms with van der Waals surface area (Å²) in [6.45, 7) is 4.68. The number of nitrogens with zero attached hydrogens (tertiary/aromatic N) is 2. The molecule has 0 saturated heterocycles. The number of aromatic nitrogens is 2. The smallest absolute Gasteiger partial charge is 0.353 e. The van der Waals surface area contributed by atoms with E-state index in [-0.39, 0.29) is 5.69 Å². The van der Waals surface area contributed by atoms with Crippen molar-refractivity contribution in [2.45, 2.75) is 43.9 Å². The number of ether oxygens (including phenoxy) is 1. The highest BCUT2D eigenvalue weighted by Crippen LogP contribution is 2.32. The Kier molecular flexibility index (Phi) is 5.53. The van der Waals surface area contributed by atoms with Gasteiger partial charge in [-0.25, -0.2) is 4.79 Å². The van der Waals surface area contributed by atoms with E-state index in [2.05, 4.69) is 36.2 Å². The van der Waals surface area contributed by atoms with Crippen LogP contribution in [-0.2, 0) is 18.6 Å². The van der Waals surface area contributed by atoms with Crippen LogP contribution in [0.2, 0.25) is 0 Å². The van der Waals surface area contributed by atoms with Gasteiger partial charge in [-0.15, -0.1) is 11.8 Å². The number of hydrogen-bond acceptors (Lipinski definition) is 4. The molecule has 0 radical (unpaired) electrons. The predicted molar refractivity (Wildman–Crippen MR) is 114 cm³/mol. The van der Waals surface area contributed by atoms with E-state index in [9.17, 15) is 4.79 Å². The van der Waals surface area contributed by atoms with Crippen LogP contribution in [0, 0.1) is 6.92 Å². The summed E-state index contributed by atoms with van der Waals surface area (Å²) in [5.41, 5.74) is 5.50. The molecule has 1 aliphatic rings. The summed E-state index contributed by atoms with van der Waals surface area (Å²) in [6.07, 6.45) is 2.96. The third-order valence-corrected chi connectivity index (χ3v) is 6.10.